The Bertz CT molecular complexity index is 938. The number of hydrogen-bond donors (Lipinski definition) is 1. The molecular weight excluding hydrogens is 405 g/mol. The number of hydrogen-bond acceptors (Lipinski definition) is 6. The van der Waals surface area contributed by atoms with Crippen molar-refractivity contribution in [2.24, 2.45) is 5.14 Å². The van der Waals surface area contributed by atoms with Crippen molar-refractivity contribution >= 4 is 27.5 Å². The molecule has 0 bridgehead atoms. The molecule has 1 aliphatic rings. The average molecular weight is 420 g/mol. The molecule has 1 amide bonds. The first-order valence-corrected chi connectivity index (χ1v) is 10.2. The maximum Gasteiger partial charge on any atom is 0.471 e. The van der Waals surface area contributed by atoms with Gasteiger partial charge in [0.1, 0.15) is 11.3 Å². The third-order valence-electron chi connectivity index (χ3n) is 4.40. The van der Waals surface area contributed by atoms with Gasteiger partial charge in [0.25, 0.3) is 0 Å². The van der Waals surface area contributed by atoms with E-state index in [1.807, 2.05) is 0 Å². The van der Waals surface area contributed by atoms with Gasteiger partial charge in [-0.15, -0.1) is 0 Å². The molecule has 1 aromatic heterocycles. The van der Waals surface area contributed by atoms with Crippen molar-refractivity contribution in [1.29, 1.82) is 0 Å². The largest absolute Gasteiger partial charge is 0.471 e. The second kappa shape index (κ2) is 7.17. The number of sulfonamides is 1. The second-order valence-electron chi connectivity index (χ2n) is 6.11. The van der Waals surface area contributed by atoms with Crippen molar-refractivity contribution < 1.29 is 26.4 Å². The molecule has 0 aliphatic carbocycles. The van der Waals surface area contributed by atoms with Crippen molar-refractivity contribution in [2.45, 2.75) is 29.8 Å². The van der Waals surface area contributed by atoms with Crippen molar-refractivity contribution in [3.8, 4) is 10.6 Å². The lowest BCUT2D eigenvalue weighted by Gasteiger charge is -2.32. The lowest BCUT2D eigenvalue weighted by atomic mass is 9.88. The number of primary sulfonamides is 1. The Kier molecular flexibility index (Phi) is 5.23. The summed E-state index contributed by atoms with van der Waals surface area (Å²) < 4.78 is 65.2. The SMILES string of the molecule is NS(=O)(=O)c1ccc(C2CCN(C(=O)C(F)(F)F)CC2)cc1-c1ncns1. The molecule has 1 aliphatic heterocycles. The number of aromatic nitrogens is 2. The zero-order chi connectivity index (χ0) is 19.8. The van der Waals surface area contributed by atoms with E-state index in [1.165, 1.54) is 12.4 Å². The number of benzene rings is 1. The Morgan fingerprint density at radius 3 is 2.44 bits per heavy atom. The maximum absolute atomic E-state index is 12.5. The summed E-state index contributed by atoms with van der Waals surface area (Å²) in [7, 11) is -3.98. The van der Waals surface area contributed by atoms with E-state index in [4.69, 9.17) is 5.14 Å². The molecule has 0 saturated carbocycles. The minimum Gasteiger partial charge on any atom is -0.335 e. The molecule has 0 atom stereocenters. The molecule has 12 heteroatoms. The molecule has 2 heterocycles. The molecule has 146 valence electrons. The number of halogens is 3. The van der Waals surface area contributed by atoms with Gasteiger partial charge >= 0.3 is 12.1 Å². The van der Waals surface area contributed by atoms with Crippen LogP contribution in [0, 0.1) is 0 Å². The Balaban J connectivity index is 1.85. The lowest BCUT2D eigenvalue weighted by molar-refractivity contribution is -0.186. The summed E-state index contributed by atoms with van der Waals surface area (Å²) >= 11 is 1.01. The van der Waals surface area contributed by atoms with Gasteiger partial charge in [0.05, 0.1) is 4.90 Å². The van der Waals surface area contributed by atoms with Crippen LogP contribution in [-0.4, -0.2) is 47.8 Å². The molecule has 0 spiro atoms. The fourth-order valence-corrected chi connectivity index (χ4v) is 4.44. The van der Waals surface area contributed by atoms with E-state index in [1.54, 1.807) is 12.1 Å². The fraction of sp³-hybridized carbons (Fsp3) is 0.400. The number of likely N-dealkylation sites (tertiary alicyclic amines) is 1. The minimum absolute atomic E-state index is 0.0198. The van der Waals surface area contributed by atoms with Crippen molar-refractivity contribution in [3.63, 3.8) is 0 Å². The quantitative estimate of drug-likeness (QED) is 0.819. The summed E-state index contributed by atoms with van der Waals surface area (Å²) in [6.45, 7) is -0.0395. The lowest BCUT2D eigenvalue weighted by Crippen LogP contribution is -2.45. The standard InChI is InChI=1S/C15H15F3N4O3S2/c16-15(17,18)14(23)22-5-3-9(4-6-22)10-1-2-12(27(19,24)25)11(7-10)13-20-8-21-26-13/h1-2,7-9H,3-6H2,(H2,19,24,25). The van der Waals surface area contributed by atoms with Crippen molar-refractivity contribution in [3.05, 3.63) is 30.1 Å². The van der Waals surface area contributed by atoms with Gasteiger partial charge in [-0.3, -0.25) is 4.79 Å². The minimum atomic E-state index is -4.88. The van der Waals surface area contributed by atoms with E-state index < -0.39 is 22.1 Å². The molecule has 7 nitrogen and oxygen atoms in total. The second-order valence-corrected chi connectivity index (χ2v) is 8.42. The molecular formula is C15H15F3N4O3S2. The van der Waals surface area contributed by atoms with Gasteiger partial charge in [0.2, 0.25) is 10.0 Å². The van der Waals surface area contributed by atoms with E-state index in [9.17, 15) is 26.4 Å². The topological polar surface area (TPSA) is 106 Å². The van der Waals surface area contributed by atoms with Crippen LogP contribution in [0.25, 0.3) is 10.6 Å². The summed E-state index contributed by atoms with van der Waals surface area (Å²) in [5.74, 6) is -1.94. The molecule has 1 fully saturated rings. The Morgan fingerprint density at radius 2 is 1.93 bits per heavy atom. The number of nitrogens with zero attached hydrogens (tertiary/aromatic N) is 3. The first kappa shape index (κ1) is 19.7. The third kappa shape index (κ3) is 4.28. The first-order valence-electron chi connectivity index (χ1n) is 7.87. The first-order chi connectivity index (χ1) is 12.6. The molecule has 2 aromatic rings. The number of carbonyl (C=O) groups is 1. The molecule has 0 radical (unpaired) electrons. The van der Waals surface area contributed by atoms with Gasteiger partial charge in [-0.2, -0.15) is 17.5 Å². The van der Waals surface area contributed by atoms with Crippen molar-refractivity contribution in [1.82, 2.24) is 14.3 Å². The van der Waals surface area contributed by atoms with Gasteiger partial charge < -0.3 is 4.90 Å². The van der Waals surface area contributed by atoms with Crippen LogP contribution in [-0.2, 0) is 14.8 Å². The Labute approximate surface area is 157 Å². The summed E-state index contributed by atoms with van der Waals surface area (Å²) in [4.78, 5) is 16.1. The highest BCUT2D eigenvalue weighted by Gasteiger charge is 2.43. The number of nitrogens with two attached hydrogens (primary N) is 1. The van der Waals surface area contributed by atoms with Crippen LogP contribution in [0.1, 0.15) is 24.3 Å². The smallest absolute Gasteiger partial charge is 0.335 e. The van der Waals surface area contributed by atoms with E-state index in [2.05, 4.69) is 9.36 Å². The van der Waals surface area contributed by atoms with E-state index >= 15 is 0 Å². The number of alkyl halides is 3. The highest BCUT2D eigenvalue weighted by molar-refractivity contribution is 7.89. The predicted octanol–water partition coefficient (Wildman–Crippen LogP) is 2.12. The summed E-state index contributed by atoms with van der Waals surface area (Å²) in [5, 5.41) is 5.64. The van der Waals surface area contributed by atoms with Gasteiger partial charge in [0.15, 0.2) is 0 Å². The van der Waals surface area contributed by atoms with Gasteiger partial charge in [-0.25, -0.2) is 18.5 Å². The van der Waals surface area contributed by atoms with E-state index in [-0.39, 0.29) is 23.9 Å². The van der Waals surface area contributed by atoms with Crippen LogP contribution in [0.3, 0.4) is 0 Å². The van der Waals surface area contributed by atoms with Crippen molar-refractivity contribution in [2.75, 3.05) is 13.1 Å². The zero-order valence-electron chi connectivity index (χ0n) is 13.8. The zero-order valence-corrected chi connectivity index (χ0v) is 15.4. The number of rotatable bonds is 3. The molecule has 3 rings (SSSR count). The number of amides is 1. The monoisotopic (exact) mass is 420 g/mol. The third-order valence-corrected chi connectivity index (χ3v) is 6.06. The van der Waals surface area contributed by atoms with Gasteiger partial charge in [-0.05, 0) is 48.0 Å². The van der Waals surface area contributed by atoms with E-state index in [0.29, 0.717) is 23.4 Å². The molecule has 27 heavy (non-hydrogen) atoms. The van der Waals surface area contributed by atoms with Gasteiger partial charge in [0, 0.05) is 18.7 Å². The average Bonchev–Trinajstić information content (AvgIpc) is 3.14. The number of carbonyl (C=O) groups excluding carboxylic acids is 1. The fourth-order valence-electron chi connectivity index (χ4n) is 3.10. The number of piperidine rings is 1. The van der Waals surface area contributed by atoms with Crippen LogP contribution in [0.2, 0.25) is 0 Å². The molecule has 1 aromatic carbocycles. The summed E-state index contributed by atoms with van der Waals surface area (Å²) in [5.41, 5.74) is 1.07. The van der Waals surface area contributed by atoms with E-state index in [0.717, 1.165) is 22.0 Å². The summed E-state index contributed by atoms with van der Waals surface area (Å²) in [6, 6.07) is 4.59. The normalized spacial score (nSPS) is 16.5. The highest BCUT2D eigenvalue weighted by Crippen LogP contribution is 2.35. The van der Waals surface area contributed by atoms with Gasteiger partial charge in [-0.1, -0.05) is 6.07 Å². The molecule has 2 N–H and O–H groups in total. The Hall–Kier alpha value is -2.05. The maximum atomic E-state index is 12.5. The van der Waals surface area contributed by atoms with Crippen LogP contribution < -0.4 is 5.14 Å². The summed E-state index contributed by atoms with van der Waals surface area (Å²) in [6.07, 6.45) is -2.91. The molecule has 1 saturated heterocycles. The predicted molar refractivity (Wildman–Crippen MR) is 91.3 cm³/mol. The van der Waals surface area contributed by atoms with Crippen LogP contribution >= 0.6 is 11.5 Å². The molecule has 0 unspecified atom stereocenters. The van der Waals surface area contributed by atoms with Crippen LogP contribution in [0.15, 0.2) is 29.4 Å². The van der Waals surface area contributed by atoms with Crippen LogP contribution in [0.5, 0.6) is 0 Å². The Morgan fingerprint density at radius 1 is 1.26 bits per heavy atom. The highest BCUT2D eigenvalue weighted by atomic mass is 32.2. The van der Waals surface area contributed by atoms with Crippen LogP contribution in [0.4, 0.5) is 13.2 Å².